The Morgan fingerprint density at radius 3 is 2.82 bits per heavy atom. The Morgan fingerprint density at radius 1 is 1.29 bits per heavy atom. The van der Waals surface area contributed by atoms with E-state index >= 15 is 0 Å². The lowest BCUT2D eigenvalue weighted by Crippen LogP contribution is -2.31. The van der Waals surface area contributed by atoms with Crippen LogP contribution in [0.3, 0.4) is 0 Å². The summed E-state index contributed by atoms with van der Waals surface area (Å²) in [7, 11) is 0. The number of hydrogen-bond acceptors (Lipinski definition) is 1. The van der Waals surface area contributed by atoms with Crippen LogP contribution in [0, 0.1) is 0 Å². The van der Waals surface area contributed by atoms with Gasteiger partial charge in [0.05, 0.1) is 0 Å². The number of allylic oxidation sites excluding steroid dienone is 2. The molecule has 1 nitrogen and oxygen atoms in total. The quantitative estimate of drug-likeness (QED) is 0.687. The van der Waals surface area contributed by atoms with Crippen LogP contribution >= 0.6 is 0 Å². The van der Waals surface area contributed by atoms with Crippen LogP contribution in [0.1, 0.15) is 39.2 Å². The average Bonchev–Trinajstić information content (AvgIpc) is 2.28. The first kappa shape index (κ1) is 12.0. The summed E-state index contributed by atoms with van der Waals surface area (Å²) in [6, 6.07) is 8.19. The van der Waals surface area contributed by atoms with Gasteiger partial charge in [-0.15, -0.1) is 0 Å². The monoisotopic (exact) mass is 228 g/mol. The molecule has 1 aliphatic heterocycles. The molecule has 0 bridgehead atoms. The Hall–Kier alpha value is -1.50. The fourth-order valence-electron chi connectivity index (χ4n) is 2.04. The minimum absolute atomic E-state index is 0.166. The molecule has 1 heteroatoms. The fourth-order valence-corrected chi connectivity index (χ4v) is 2.04. The molecule has 0 saturated heterocycles. The topological polar surface area (TPSA) is 9.23 Å². The zero-order chi connectivity index (χ0) is 12.3. The van der Waals surface area contributed by atoms with Gasteiger partial charge in [-0.25, -0.2) is 0 Å². The molecule has 0 spiro atoms. The van der Waals surface area contributed by atoms with Gasteiger partial charge in [0.15, 0.2) is 0 Å². The van der Waals surface area contributed by atoms with Gasteiger partial charge in [-0.05, 0) is 45.8 Å². The molecule has 0 amide bonds. The first-order valence-corrected chi connectivity index (χ1v) is 6.20. The summed E-state index contributed by atoms with van der Waals surface area (Å²) in [5.41, 5.74) is 2.38. The van der Waals surface area contributed by atoms with E-state index in [9.17, 15) is 0 Å². The van der Waals surface area contributed by atoms with Crippen molar-refractivity contribution < 1.29 is 4.74 Å². The van der Waals surface area contributed by atoms with Crippen LogP contribution in [0.25, 0.3) is 6.08 Å². The molecule has 2 rings (SSSR count). The van der Waals surface area contributed by atoms with E-state index in [2.05, 4.69) is 45.1 Å². The molecule has 0 unspecified atom stereocenters. The highest BCUT2D eigenvalue weighted by Crippen LogP contribution is 2.33. The lowest BCUT2D eigenvalue weighted by molar-refractivity contribution is 0.129. The third-order valence-electron chi connectivity index (χ3n) is 3.07. The number of rotatable bonds is 3. The molecule has 1 heterocycles. The van der Waals surface area contributed by atoms with Crippen LogP contribution in [-0.2, 0) is 0 Å². The molecular formula is C16H20O. The summed E-state index contributed by atoms with van der Waals surface area (Å²) in [4.78, 5) is 0. The van der Waals surface area contributed by atoms with Crippen LogP contribution in [0.2, 0.25) is 0 Å². The Morgan fingerprint density at radius 2 is 2.06 bits per heavy atom. The summed E-state index contributed by atoms with van der Waals surface area (Å²) in [5.74, 6) is 0.995. The van der Waals surface area contributed by atoms with E-state index < -0.39 is 0 Å². The van der Waals surface area contributed by atoms with Crippen LogP contribution in [0.15, 0.2) is 42.0 Å². The SMILES string of the molecule is CC(C)=CCC[C@]1(C)C=Cc2ccccc2O1. The third-order valence-corrected chi connectivity index (χ3v) is 3.07. The van der Waals surface area contributed by atoms with E-state index in [4.69, 9.17) is 4.74 Å². The van der Waals surface area contributed by atoms with E-state index in [0.717, 1.165) is 18.6 Å². The molecule has 90 valence electrons. The van der Waals surface area contributed by atoms with E-state index in [1.165, 1.54) is 11.1 Å². The standard InChI is InChI=1S/C16H20O/c1-13(2)7-6-11-16(3)12-10-14-8-4-5-9-15(14)17-16/h4-5,7-10,12H,6,11H2,1-3H3/t16-/m1/s1. The molecule has 1 atom stereocenters. The highest BCUT2D eigenvalue weighted by atomic mass is 16.5. The van der Waals surface area contributed by atoms with Crippen molar-refractivity contribution in [3.63, 3.8) is 0 Å². The van der Waals surface area contributed by atoms with E-state index in [1.54, 1.807) is 0 Å². The summed E-state index contributed by atoms with van der Waals surface area (Å²) in [6.07, 6.45) is 8.69. The molecule has 0 saturated carbocycles. The first-order chi connectivity index (χ1) is 8.09. The second-order valence-electron chi connectivity index (χ2n) is 5.11. The smallest absolute Gasteiger partial charge is 0.127 e. The predicted molar refractivity (Wildman–Crippen MR) is 73.2 cm³/mol. The van der Waals surface area contributed by atoms with Crippen molar-refractivity contribution >= 4 is 6.08 Å². The van der Waals surface area contributed by atoms with Gasteiger partial charge in [0.1, 0.15) is 11.4 Å². The Labute approximate surface area is 104 Å². The predicted octanol–water partition coefficient (Wildman–Crippen LogP) is 4.60. The Bertz CT molecular complexity index is 452. The zero-order valence-corrected chi connectivity index (χ0v) is 10.9. The first-order valence-electron chi connectivity index (χ1n) is 6.20. The van der Waals surface area contributed by atoms with Gasteiger partial charge in [0, 0.05) is 5.56 Å². The van der Waals surface area contributed by atoms with Crippen molar-refractivity contribution in [3.05, 3.63) is 47.6 Å². The number of ether oxygens (including phenoxy) is 1. The minimum atomic E-state index is -0.166. The van der Waals surface area contributed by atoms with E-state index in [0.29, 0.717) is 0 Å². The summed E-state index contributed by atoms with van der Waals surface area (Å²) < 4.78 is 6.09. The van der Waals surface area contributed by atoms with Crippen LogP contribution in [0.5, 0.6) is 5.75 Å². The molecule has 0 radical (unpaired) electrons. The fraction of sp³-hybridized carbons (Fsp3) is 0.375. The zero-order valence-electron chi connectivity index (χ0n) is 10.9. The molecule has 0 aromatic heterocycles. The van der Waals surface area contributed by atoms with E-state index in [-0.39, 0.29) is 5.60 Å². The lowest BCUT2D eigenvalue weighted by Gasteiger charge is -2.31. The maximum atomic E-state index is 6.09. The van der Waals surface area contributed by atoms with Crippen LogP contribution < -0.4 is 4.74 Å². The van der Waals surface area contributed by atoms with Crippen LogP contribution in [0.4, 0.5) is 0 Å². The summed E-state index contributed by atoms with van der Waals surface area (Å²) in [6.45, 7) is 6.42. The van der Waals surface area contributed by atoms with Crippen molar-refractivity contribution in [2.24, 2.45) is 0 Å². The van der Waals surface area contributed by atoms with E-state index in [1.807, 2.05) is 18.2 Å². The van der Waals surface area contributed by atoms with Gasteiger partial charge in [0.2, 0.25) is 0 Å². The highest BCUT2D eigenvalue weighted by Gasteiger charge is 2.26. The van der Waals surface area contributed by atoms with Crippen molar-refractivity contribution in [2.75, 3.05) is 0 Å². The van der Waals surface area contributed by atoms with Gasteiger partial charge < -0.3 is 4.74 Å². The third kappa shape index (κ3) is 3.00. The molecule has 1 aromatic carbocycles. The summed E-state index contributed by atoms with van der Waals surface area (Å²) >= 11 is 0. The molecule has 0 fully saturated rings. The number of benzene rings is 1. The maximum absolute atomic E-state index is 6.09. The molecule has 17 heavy (non-hydrogen) atoms. The van der Waals surface area contributed by atoms with Crippen molar-refractivity contribution in [1.82, 2.24) is 0 Å². The number of para-hydroxylation sites is 1. The largest absolute Gasteiger partial charge is 0.483 e. The molecule has 1 aromatic rings. The highest BCUT2D eigenvalue weighted by molar-refractivity contribution is 5.60. The van der Waals surface area contributed by atoms with Gasteiger partial charge in [-0.1, -0.05) is 35.9 Å². The number of fused-ring (bicyclic) bond motifs is 1. The second kappa shape index (κ2) is 4.79. The number of hydrogen-bond donors (Lipinski definition) is 0. The Balaban J connectivity index is 2.08. The lowest BCUT2D eigenvalue weighted by atomic mass is 9.95. The van der Waals surface area contributed by atoms with Gasteiger partial charge in [-0.3, -0.25) is 0 Å². The van der Waals surface area contributed by atoms with Gasteiger partial charge in [-0.2, -0.15) is 0 Å². The molecule has 1 aliphatic rings. The van der Waals surface area contributed by atoms with Crippen molar-refractivity contribution in [3.8, 4) is 5.75 Å². The normalized spacial score (nSPS) is 21.6. The Kier molecular flexibility index (Phi) is 3.37. The van der Waals surface area contributed by atoms with Crippen molar-refractivity contribution in [1.29, 1.82) is 0 Å². The maximum Gasteiger partial charge on any atom is 0.127 e. The van der Waals surface area contributed by atoms with Gasteiger partial charge >= 0.3 is 0 Å². The minimum Gasteiger partial charge on any atom is -0.483 e. The molecule has 0 N–H and O–H groups in total. The molecule has 0 aliphatic carbocycles. The molecular weight excluding hydrogens is 208 g/mol. The summed E-state index contributed by atoms with van der Waals surface area (Å²) in [5, 5.41) is 0. The van der Waals surface area contributed by atoms with Gasteiger partial charge in [0.25, 0.3) is 0 Å². The van der Waals surface area contributed by atoms with Crippen molar-refractivity contribution in [2.45, 2.75) is 39.2 Å². The average molecular weight is 228 g/mol. The second-order valence-corrected chi connectivity index (χ2v) is 5.11. The van der Waals surface area contributed by atoms with Crippen LogP contribution in [-0.4, -0.2) is 5.60 Å².